The molecule has 0 aromatic heterocycles. The second-order valence-corrected chi connectivity index (χ2v) is 2.26. The monoisotopic (exact) mass is 188 g/mol. The number of hydrogen-bond acceptors (Lipinski definition) is 2. The zero-order valence-electron chi connectivity index (χ0n) is 6.83. The van der Waals surface area contributed by atoms with Crippen molar-refractivity contribution in [2.24, 2.45) is 5.73 Å². The molecule has 0 spiro atoms. The highest BCUT2D eigenvalue weighted by Crippen LogP contribution is 1.93. The van der Waals surface area contributed by atoms with Gasteiger partial charge in [-0.25, -0.2) is 0 Å². The second kappa shape index (κ2) is 9.50. The fraction of sp³-hybridized carbons (Fsp3) is 1.00. The molecule has 0 heterocycles. The highest BCUT2D eigenvalue weighted by molar-refractivity contribution is 5.85. The molecule has 10 heavy (non-hydrogen) atoms. The number of nitrogens with two attached hydrogens (primary N) is 1. The van der Waals surface area contributed by atoms with Crippen molar-refractivity contribution >= 4 is 24.8 Å². The molecule has 0 saturated heterocycles. The molecule has 4 heteroatoms. The molecule has 0 aliphatic heterocycles. The molecule has 2 nitrogen and oxygen atoms in total. The van der Waals surface area contributed by atoms with Crippen molar-refractivity contribution in [2.75, 3.05) is 20.6 Å². The number of hydrogen-bond donors (Lipinski definition) is 1. The lowest BCUT2D eigenvalue weighted by atomic mass is 10.2. The summed E-state index contributed by atoms with van der Waals surface area (Å²) in [5, 5.41) is 0. The molecule has 0 radical (unpaired) electrons. The molecule has 0 amide bonds. The van der Waals surface area contributed by atoms with Crippen LogP contribution in [0, 0.1) is 0 Å². The van der Waals surface area contributed by atoms with Crippen molar-refractivity contribution in [3.8, 4) is 0 Å². The van der Waals surface area contributed by atoms with Crippen LogP contribution in [0.2, 0.25) is 0 Å². The molecule has 0 saturated carbocycles. The lowest BCUT2D eigenvalue weighted by Crippen LogP contribution is -2.34. The molecule has 0 aromatic carbocycles. The summed E-state index contributed by atoms with van der Waals surface area (Å²) >= 11 is 0. The minimum Gasteiger partial charge on any atom is -0.329 e. The maximum absolute atomic E-state index is 5.44. The number of rotatable bonds is 3. The first-order chi connectivity index (χ1) is 3.72. The Morgan fingerprint density at radius 3 is 1.70 bits per heavy atom. The van der Waals surface area contributed by atoms with Crippen LogP contribution in [0.3, 0.4) is 0 Å². The number of halogens is 2. The Morgan fingerprint density at radius 2 is 1.70 bits per heavy atom. The van der Waals surface area contributed by atoms with Gasteiger partial charge in [0.05, 0.1) is 0 Å². The normalized spacial score (nSPS) is 11.7. The molecular weight excluding hydrogens is 171 g/mol. The Balaban J connectivity index is -0.000000245. The van der Waals surface area contributed by atoms with Crippen LogP contribution in [0.5, 0.6) is 0 Å². The van der Waals surface area contributed by atoms with Crippen molar-refractivity contribution in [2.45, 2.75) is 19.4 Å². The molecule has 0 bridgehead atoms. The first-order valence-corrected chi connectivity index (χ1v) is 3.08. The smallest absolute Gasteiger partial charge is 0.0209 e. The molecule has 1 atom stereocenters. The van der Waals surface area contributed by atoms with E-state index in [9.17, 15) is 0 Å². The van der Waals surface area contributed by atoms with E-state index >= 15 is 0 Å². The Kier molecular flexibility index (Phi) is 16.0. The molecule has 0 aliphatic rings. The Morgan fingerprint density at radius 1 is 1.30 bits per heavy atom. The van der Waals surface area contributed by atoms with Gasteiger partial charge < -0.3 is 10.6 Å². The Hall–Kier alpha value is 0.500. The summed E-state index contributed by atoms with van der Waals surface area (Å²) in [6.07, 6.45) is 1.14. The topological polar surface area (TPSA) is 29.3 Å². The third kappa shape index (κ3) is 6.62. The SMILES string of the molecule is CCC(CN)N(C)C.Cl.Cl. The zero-order valence-corrected chi connectivity index (χ0v) is 8.47. The molecule has 0 aromatic rings. The van der Waals surface area contributed by atoms with Crippen LogP contribution < -0.4 is 5.73 Å². The van der Waals surface area contributed by atoms with Gasteiger partial charge >= 0.3 is 0 Å². The minimum atomic E-state index is 0. The van der Waals surface area contributed by atoms with Crippen molar-refractivity contribution < 1.29 is 0 Å². The highest BCUT2D eigenvalue weighted by atomic mass is 35.5. The fourth-order valence-corrected chi connectivity index (χ4v) is 0.743. The first kappa shape index (κ1) is 16.8. The molecule has 2 N–H and O–H groups in total. The van der Waals surface area contributed by atoms with E-state index in [1.54, 1.807) is 0 Å². The van der Waals surface area contributed by atoms with Gasteiger partial charge in [0.25, 0.3) is 0 Å². The second-order valence-electron chi connectivity index (χ2n) is 2.26. The van der Waals surface area contributed by atoms with E-state index in [2.05, 4.69) is 25.9 Å². The lowest BCUT2D eigenvalue weighted by molar-refractivity contribution is 0.292. The molecule has 0 fully saturated rings. The van der Waals surface area contributed by atoms with Crippen LogP contribution in [-0.4, -0.2) is 31.6 Å². The summed E-state index contributed by atoms with van der Waals surface area (Å²) < 4.78 is 0. The Labute approximate surface area is 76.0 Å². The van der Waals surface area contributed by atoms with E-state index in [0.717, 1.165) is 13.0 Å². The van der Waals surface area contributed by atoms with Crippen molar-refractivity contribution in [3.05, 3.63) is 0 Å². The first-order valence-electron chi connectivity index (χ1n) is 3.08. The van der Waals surface area contributed by atoms with Gasteiger partial charge in [-0.15, -0.1) is 24.8 Å². The molecule has 66 valence electrons. The van der Waals surface area contributed by atoms with Crippen LogP contribution in [-0.2, 0) is 0 Å². The van der Waals surface area contributed by atoms with Gasteiger partial charge in [0, 0.05) is 12.6 Å². The maximum Gasteiger partial charge on any atom is 0.0209 e. The van der Waals surface area contributed by atoms with Gasteiger partial charge in [-0.1, -0.05) is 6.92 Å². The predicted octanol–water partition coefficient (Wildman–Crippen LogP) is 1.13. The van der Waals surface area contributed by atoms with Crippen LogP contribution in [0.1, 0.15) is 13.3 Å². The van der Waals surface area contributed by atoms with Crippen molar-refractivity contribution in [1.29, 1.82) is 0 Å². The van der Waals surface area contributed by atoms with Gasteiger partial charge in [-0.05, 0) is 20.5 Å². The van der Waals surface area contributed by atoms with E-state index in [4.69, 9.17) is 5.73 Å². The standard InChI is InChI=1S/C6H16N2.2ClH/c1-4-6(5-7)8(2)3;;/h6H,4-5,7H2,1-3H3;2*1H. The van der Waals surface area contributed by atoms with Crippen LogP contribution in [0.4, 0.5) is 0 Å². The summed E-state index contributed by atoms with van der Waals surface area (Å²) in [5.41, 5.74) is 5.44. The number of likely N-dealkylation sites (N-methyl/N-ethyl adjacent to an activating group) is 1. The molecular formula is C6H18Cl2N2. The quantitative estimate of drug-likeness (QED) is 0.721. The van der Waals surface area contributed by atoms with E-state index < -0.39 is 0 Å². The summed E-state index contributed by atoms with van der Waals surface area (Å²) in [6, 6.07) is 0.565. The summed E-state index contributed by atoms with van der Waals surface area (Å²) in [7, 11) is 4.11. The number of nitrogens with zero attached hydrogens (tertiary/aromatic N) is 1. The summed E-state index contributed by atoms with van der Waals surface area (Å²) in [4.78, 5) is 2.15. The van der Waals surface area contributed by atoms with Crippen LogP contribution in [0.15, 0.2) is 0 Å². The van der Waals surface area contributed by atoms with Gasteiger partial charge in [0.1, 0.15) is 0 Å². The third-order valence-electron chi connectivity index (χ3n) is 1.47. The van der Waals surface area contributed by atoms with E-state index in [1.165, 1.54) is 0 Å². The van der Waals surface area contributed by atoms with Gasteiger partial charge in [0.2, 0.25) is 0 Å². The van der Waals surface area contributed by atoms with Crippen LogP contribution >= 0.6 is 24.8 Å². The average Bonchev–Trinajstić information content (AvgIpc) is 1.69. The van der Waals surface area contributed by atoms with Gasteiger partial charge in [-0.2, -0.15) is 0 Å². The molecule has 0 rings (SSSR count). The average molecular weight is 189 g/mol. The van der Waals surface area contributed by atoms with Crippen molar-refractivity contribution in [3.63, 3.8) is 0 Å². The predicted molar refractivity (Wildman–Crippen MR) is 51.3 cm³/mol. The summed E-state index contributed by atoms with van der Waals surface area (Å²) in [5.74, 6) is 0. The van der Waals surface area contributed by atoms with Gasteiger partial charge in [-0.3, -0.25) is 0 Å². The molecule has 0 aliphatic carbocycles. The van der Waals surface area contributed by atoms with E-state index in [-0.39, 0.29) is 24.8 Å². The molecule has 1 unspecified atom stereocenters. The maximum atomic E-state index is 5.44. The minimum absolute atomic E-state index is 0. The fourth-order valence-electron chi connectivity index (χ4n) is 0.743. The Bertz CT molecular complexity index is 55.7. The summed E-state index contributed by atoms with van der Waals surface area (Å²) in [6.45, 7) is 2.92. The zero-order chi connectivity index (χ0) is 6.57. The van der Waals surface area contributed by atoms with E-state index in [0.29, 0.717) is 6.04 Å². The largest absolute Gasteiger partial charge is 0.329 e. The highest BCUT2D eigenvalue weighted by Gasteiger charge is 2.03. The van der Waals surface area contributed by atoms with E-state index in [1.807, 2.05) is 0 Å². The third-order valence-corrected chi connectivity index (χ3v) is 1.47. The van der Waals surface area contributed by atoms with Crippen molar-refractivity contribution in [1.82, 2.24) is 4.90 Å². The van der Waals surface area contributed by atoms with Gasteiger partial charge in [0.15, 0.2) is 0 Å². The lowest BCUT2D eigenvalue weighted by Gasteiger charge is -2.20. The van der Waals surface area contributed by atoms with Crippen LogP contribution in [0.25, 0.3) is 0 Å².